The van der Waals surface area contributed by atoms with Crippen LogP contribution in [0.5, 0.6) is 0 Å². The number of nitrogens with zero attached hydrogens (tertiary/aromatic N) is 5. The first-order valence-electron chi connectivity index (χ1n) is 12.9. The van der Waals surface area contributed by atoms with Crippen LogP contribution in [0, 0.1) is 17.5 Å². The van der Waals surface area contributed by atoms with Gasteiger partial charge in [-0.2, -0.15) is 13.2 Å². The second-order valence-corrected chi connectivity index (χ2v) is 10.8. The summed E-state index contributed by atoms with van der Waals surface area (Å²) in [7, 11) is 0. The van der Waals surface area contributed by atoms with Crippen LogP contribution in [-0.4, -0.2) is 54.8 Å². The molecular formula is C27H28F6N6O3. The molecule has 3 heterocycles. The molecule has 9 nitrogen and oxygen atoms in total. The van der Waals surface area contributed by atoms with Crippen LogP contribution in [0.1, 0.15) is 56.1 Å². The summed E-state index contributed by atoms with van der Waals surface area (Å²) in [6, 6.07) is 3.80. The van der Waals surface area contributed by atoms with E-state index in [2.05, 4.69) is 20.5 Å². The molecule has 2 atom stereocenters. The summed E-state index contributed by atoms with van der Waals surface area (Å²) in [6.07, 6.45) is -5.11. The zero-order valence-electron chi connectivity index (χ0n) is 22.9. The van der Waals surface area contributed by atoms with Gasteiger partial charge in [0.15, 0.2) is 17.5 Å². The van der Waals surface area contributed by atoms with E-state index in [0.717, 1.165) is 4.57 Å². The molecule has 4 rings (SSSR count). The molecule has 42 heavy (non-hydrogen) atoms. The van der Waals surface area contributed by atoms with Crippen molar-refractivity contribution < 1.29 is 40.7 Å². The third-order valence-electron chi connectivity index (χ3n) is 6.42. The lowest BCUT2D eigenvalue weighted by Crippen LogP contribution is -2.48. The van der Waals surface area contributed by atoms with Crippen LogP contribution in [0.4, 0.5) is 31.1 Å². The quantitative estimate of drug-likeness (QED) is 0.311. The monoisotopic (exact) mass is 598 g/mol. The number of carbonyl (C=O) groups is 2. The van der Waals surface area contributed by atoms with Gasteiger partial charge in [-0.3, -0.25) is 9.78 Å². The lowest BCUT2D eigenvalue weighted by molar-refractivity contribution is -0.148. The standard InChI is InChI=1S/C27H28F6N6O3/c1-26(2,3)42-25(41)35-17(10-15-11-19(29)20(30)14-18(15)28)13-22(40)38-8-9-39-23(36-37-24(39)27(31,32)33)21(38)12-16-6-4-5-7-34-16/h4-7,11,14,17,21H,8-10,12-13H2,1-3H3,(H,35,41)/t17-,21+/m1/s1. The average Bonchev–Trinajstić information content (AvgIpc) is 3.32. The van der Waals surface area contributed by atoms with Crippen molar-refractivity contribution in [2.45, 2.75) is 70.4 Å². The van der Waals surface area contributed by atoms with E-state index >= 15 is 0 Å². The number of carbonyl (C=O) groups excluding carboxylic acids is 2. The van der Waals surface area contributed by atoms with Gasteiger partial charge in [-0.1, -0.05) is 6.07 Å². The maximum absolute atomic E-state index is 14.5. The number of benzene rings is 1. The molecule has 15 heteroatoms. The van der Waals surface area contributed by atoms with E-state index in [1.807, 2.05) is 0 Å². The first-order chi connectivity index (χ1) is 19.6. The normalized spacial score (nSPS) is 16.1. The fourth-order valence-corrected chi connectivity index (χ4v) is 4.67. The molecule has 0 aliphatic carbocycles. The van der Waals surface area contributed by atoms with Crippen molar-refractivity contribution >= 4 is 12.0 Å². The molecular weight excluding hydrogens is 570 g/mol. The Balaban J connectivity index is 1.64. The average molecular weight is 599 g/mol. The van der Waals surface area contributed by atoms with Crippen LogP contribution in [0.15, 0.2) is 36.5 Å². The number of aromatic nitrogens is 4. The number of rotatable bonds is 7. The van der Waals surface area contributed by atoms with Gasteiger partial charge >= 0.3 is 12.3 Å². The molecule has 0 fully saturated rings. The summed E-state index contributed by atoms with van der Waals surface area (Å²) in [5.41, 5.74) is -0.758. The van der Waals surface area contributed by atoms with Gasteiger partial charge in [-0.05, 0) is 51.0 Å². The Labute approximate surface area is 236 Å². The van der Waals surface area contributed by atoms with E-state index in [1.54, 1.807) is 39.0 Å². The number of fused-ring (bicyclic) bond motifs is 1. The zero-order chi connectivity index (χ0) is 30.8. The van der Waals surface area contributed by atoms with Crippen molar-refractivity contribution in [2.24, 2.45) is 0 Å². The van der Waals surface area contributed by atoms with Crippen LogP contribution in [0.25, 0.3) is 0 Å². The van der Waals surface area contributed by atoms with Crippen molar-refractivity contribution in [1.82, 2.24) is 30.0 Å². The minimum Gasteiger partial charge on any atom is -0.444 e. The molecule has 1 aliphatic rings. The SMILES string of the molecule is CC(C)(C)OC(=O)N[C@@H](CC(=O)N1CCn2c(nnc2C(F)(F)F)[C@@H]1Cc1ccccn1)Cc1cc(F)c(F)cc1F. The zero-order valence-corrected chi connectivity index (χ0v) is 22.9. The van der Waals surface area contributed by atoms with E-state index in [9.17, 15) is 35.9 Å². The number of alkyl halides is 3. The lowest BCUT2D eigenvalue weighted by atomic mass is 10.00. The molecule has 1 aliphatic heterocycles. The van der Waals surface area contributed by atoms with Gasteiger partial charge in [-0.15, -0.1) is 10.2 Å². The number of pyridine rings is 1. The number of amides is 2. The maximum atomic E-state index is 14.5. The Kier molecular flexibility index (Phi) is 8.78. The number of hydrogen-bond acceptors (Lipinski definition) is 6. The van der Waals surface area contributed by atoms with E-state index < -0.39 is 72.0 Å². The molecule has 3 aromatic rings. The minimum atomic E-state index is -4.77. The van der Waals surface area contributed by atoms with Gasteiger partial charge in [0.25, 0.3) is 0 Å². The maximum Gasteiger partial charge on any atom is 0.451 e. The summed E-state index contributed by atoms with van der Waals surface area (Å²) in [5.74, 6) is -5.74. The van der Waals surface area contributed by atoms with Gasteiger partial charge in [0.1, 0.15) is 11.4 Å². The van der Waals surface area contributed by atoms with E-state index in [-0.39, 0.29) is 30.9 Å². The van der Waals surface area contributed by atoms with Crippen LogP contribution in [0.2, 0.25) is 0 Å². The van der Waals surface area contributed by atoms with Crippen molar-refractivity contribution in [3.05, 3.63) is 76.9 Å². The molecule has 0 saturated heterocycles. The molecule has 0 radical (unpaired) electrons. The van der Waals surface area contributed by atoms with Gasteiger partial charge in [0, 0.05) is 49.9 Å². The predicted octanol–water partition coefficient (Wildman–Crippen LogP) is 4.76. The van der Waals surface area contributed by atoms with Gasteiger partial charge < -0.3 is 19.5 Å². The van der Waals surface area contributed by atoms with Gasteiger partial charge in [-0.25, -0.2) is 18.0 Å². The van der Waals surface area contributed by atoms with Crippen LogP contribution in [0.3, 0.4) is 0 Å². The molecule has 1 N–H and O–H groups in total. The number of halogens is 6. The summed E-state index contributed by atoms with van der Waals surface area (Å²) in [6.45, 7) is 4.38. The Morgan fingerprint density at radius 1 is 1.05 bits per heavy atom. The molecule has 2 amide bonds. The van der Waals surface area contributed by atoms with Crippen molar-refractivity contribution in [3.8, 4) is 0 Å². The Morgan fingerprint density at radius 3 is 2.40 bits per heavy atom. The molecule has 1 aromatic carbocycles. The lowest BCUT2D eigenvalue weighted by Gasteiger charge is -2.36. The highest BCUT2D eigenvalue weighted by molar-refractivity contribution is 5.78. The second kappa shape index (κ2) is 12.0. The van der Waals surface area contributed by atoms with Crippen molar-refractivity contribution in [3.63, 3.8) is 0 Å². The number of hydrogen-bond donors (Lipinski definition) is 1. The Bertz CT molecular complexity index is 1440. The largest absolute Gasteiger partial charge is 0.451 e. The van der Waals surface area contributed by atoms with Crippen molar-refractivity contribution in [1.29, 1.82) is 0 Å². The number of alkyl carbamates (subject to hydrolysis) is 1. The Morgan fingerprint density at radius 2 is 1.76 bits per heavy atom. The molecule has 0 unspecified atom stereocenters. The summed E-state index contributed by atoms with van der Waals surface area (Å²) in [5, 5.41) is 9.55. The first-order valence-corrected chi connectivity index (χ1v) is 12.9. The van der Waals surface area contributed by atoms with Crippen LogP contribution < -0.4 is 5.32 Å². The second-order valence-electron chi connectivity index (χ2n) is 10.8. The van der Waals surface area contributed by atoms with E-state index in [4.69, 9.17) is 4.74 Å². The fourth-order valence-electron chi connectivity index (χ4n) is 4.67. The summed E-state index contributed by atoms with van der Waals surface area (Å²) in [4.78, 5) is 31.8. The molecule has 2 aromatic heterocycles. The third kappa shape index (κ3) is 7.36. The number of ether oxygens (including phenoxy) is 1. The smallest absolute Gasteiger partial charge is 0.444 e. The van der Waals surface area contributed by atoms with Crippen LogP contribution in [-0.2, 0) is 35.1 Å². The topological polar surface area (TPSA) is 102 Å². The predicted molar refractivity (Wildman–Crippen MR) is 135 cm³/mol. The molecule has 226 valence electrons. The molecule has 0 spiro atoms. The summed E-state index contributed by atoms with van der Waals surface area (Å²) >= 11 is 0. The van der Waals surface area contributed by atoms with E-state index in [0.29, 0.717) is 17.8 Å². The highest BCUT2D eigenvalue weighted by Gasteiger charge is 2.43. The highest BCUT2D eigenvalue weighted by atomic mass is 19.4. The summed E-state index contributed by atoms with van der Waals surface area (Å²) < 4.78 is 88.8. The van der Waals surface area contributed by atoms with Gasteiger partial charge in [0.05, 0.1) is 6.04 Å². The number of nitrogens with one attached hydrogen (secondary N) is 1. The van der Waals surface area contributed by atoms with Crippen molar-refractivity contribution in [2.75, 3.05) is 6.54 Å². The van der Waals surface area contributed by atoms with Gasteiger partial charge in [0.2, 0.25) is 11.7 Å². The van der Waals surface area contributed by atoms with Crippen LogP contribution >= 0.6 is 0 Å². The molecule has 0 saturated carbocycles. The Hall–Kier alpha value is -4.17. The fraction of sp³-hybridized carbons (Fsp3) is 0.444. The third-order valence-corrected chi connectivity index (χ3v) is 6.42. The first kappa shape index (κ1) is 30.8. The minimum absolute atomic E-state index is 0.00450. The van der Waals surface area contributed by atoms with E-state index in [1.165, 1.54) is 11.1 Å². The highest BCUT2D eigenvalue weighted by Crippen LogP contribution is 2.34. The molecule has 0 bridgehead atoms.